The zero-order valence-corrected chi connectivity index (χ0v) is 18.9. The standard InChI is InChI=1S/C27H32N4O2/c28-24-10-9-21(15-23(24)20-7-4-8-22-18-29-30-25(22)16-20)26(32)31-13-11-27(33,12-14-31)17-19-5-2-1-3-6-19/h1-3,5-6,9-10,15-16,18,22,25,30,33H,4,7-8,11-14,17,28H2. The summed E-state index contributed by atoms with van der Waals surface area (Å²) in [4.78, 5) is 15.2. The Hall–Kier alpha value is -3.12. The number of nitrogens with one attached hydrogen (secondary N) is 1. The highest BCUT2D eigenvalue weighted by molar-refractivity contribution is 5.96. The van der Waals surface area contributed by atoms with Gasteiger partial charge in [0.15, 0.2) is 0 Å². The molecule has 0 saturated carbocycles. The summed E-state index contributed by atoms with van der Waals surface area (Å²) in [6.07, 6.45) is 9.13. The number of aliphatic hydroxyl groups is 1. The van der Waals surface area contributed by atoms with E-state index in [9.17, 15) is 9.90 Å². The van der Waals surface area contributed by atoms with E-state index in [1.807, 2.05) is 59.6 Å². The van der Waals surface area contributed by atoms with Crippen LogP contribution >= 0.6 is 0 Å². The van der Waals surface area contributed by atoms with Crippen LogP contribution in [0.4, 0.5) is 5.69 Å². The molecule has 6 nitrogen and oxygen atoms in total. The molecule has 2 unspecified atom stereocenters. The number of anilines is 1. The smallest absolute Gasteiger partial charge is 0.253 e. The molecule has 1 aliphatic carbocycles. The molecule has 6 heteroatoms. The molecule has 172 valence electrons. The molecule has 0 spiro atoms. The number of hydrogen-bond donors (Lipinski definition) is 3. The molecule has 3 aliphatic rings. The van der Waals surface area contributed by atoms with Gasteiger partial charge >= 0.3 is 0 Å². The minimum Gasteiger partial charge on any atom is -0.398 e. The Morgan fingerprint density at radius 1 is 1.18 bits per heavy atom. The number of likely N-dealkylation sites (tertiary alicyclic amines) is 1. The summed E-state index contributed by atoms with van der Waals surface area (Å²) in [5.74, 6) is 0.434. The van der Waals surface area contributed by atoms with Crippen LogP contribution in [0.1, 0.15) is 53.6 Å². The number of allylic oxidation sites excluding steroid dienone is 1. The van der Waals surface area contributed by atoms with Gasteiger partial charge < -0.3 is 21.2 Å². The summed E-state index contributed by atoms with van der Waals surface area (Å²) < 4.78 is 0. The van der Waals surface area contributed by atoms with Gasteiger partial charge in [0.25, 0.3) is 5.91 Å². The van der Waals surface area contributed by atoms with Crippen molar-refractivity contribution in [3.8, 4) is 0 Å². The van der Waals surface area contributed by atoms with Crippen molar-refractivity contribution in [3.63, 3.8) is 0 Å². The Balaban J connectivity index is 1.29. The fourth-order valence-corrected chi connectivity index (χ4v) is 5.31. The lowest BCUT2D eigenvalue weighted by atomic mass is 9.85. The zero-order valence-electron chi connectivity index (χ0n) is 18.9. The fourth-order valence-electron chi connectivity index (χ4n) is 5.31. The summed E-state index contributed by atoms with van der Waals surface area (Å²) in [6, 6.07) is 15.9. The summed E-state index contributed by atoms with van der Waals surface area (Å²) in [6.45, 7) is 1.10. The number of fused-ring (bicyclic) bond motifs is 1. The third kappa shape index (κ3) is 4.67. The van der Waals surface area contributed by atoms with Crippen LogP contribution < -0.4 is 11.2 Å². The van der Waals surface area contributed by atoms with E-state index in [0.29, 0.717) is 49.5 Å². The van der Waals surface area contributed by atoms with E-state index in [0.717, 1.165) is 30.4 Å². The Kier molecular flexibility index (Phi) is 5.94. The molecule has 2 aromatic carbocycles. The van der Waals surface area contributed by atoms with Crippen LogP contribution in [0.25, 0.3) is 5.57 Å². The van der Waals surface area contributed by atoms with Crippen LogP contribution in [-0.4, -0.2) is 46.9 Å². The van der Waals surface area contributed by atoms with Crippen molar-refractivity contribution < 1.29 is 9.90 Å². The molecule has 1 fully saturated rings. The third-order valence-electron chi connectivity index (χ3n) is 7.32. The van der Waals surface area contributed by atoms with E-state index >= 15 is 0 Å². The first-order valence-corrected chi connectivity index (χ1v) is 12.0. The lowest BCUT2D eigenvalue weighted by molar-refractivity contribution is -0.0162. The van der Waals surface area contributed by atoms with Crippen LogP contribution in [0, 0.1) is 5.92 Å². The van der Waals surface area contributed by atoms with Crippen molar-refractivity contribution in [1.82, 2.24) is 10.3 Å². The molecule has 1 saturated heterocycles. The number of piperidine rings is 1. The maximum absolute atomic E-state index is 13.3. The summed E-state index contributed by atoms with van der Waals surface area (Å²) in [5, 5.41) is 15.3. The molecule has 1 amide bonds. The highest BCUT2D eigenvalue weighted by Gasteiger charge is 2.34. The number of carbonyl (C=O) groups excluding carboxylic acids is 1. The maximum Gasteiger partial charge on any atom is 0.253 e. The van der Waals surface area contributed by atoms with E-state index in [2.05, 4.69) is 16.6 Å². The topological polar surface area (TPSA) is 91.0 Å². The summed E-state index contributed by atoms with van der Waals surface area (Å²) >= 11 is 0. The highest BCUT2D eigenvalue weighted by Crippen LogP contribution is 2.34. The highest BCUT2D eigenvalue weighted by atomic mass is 16.3. The lowest BCUT2D eigenvalue weighted by Crippen LogP contribution is -2.47. The van der Waals surface area contributed by atoms with Gasteiger partial charge in [-0.3, -0.25) is 4.79 Å². The second kappa shape index (κ2) is 9.02. The second-order valence-electron chi connectivity index (χ2n) is 9.66. The monoisotopic (exact) mass is 444 g/mol. The molecule has 2 aliphatic heterocycles. The largest absolute Gasteiger partial charge is 0.398 e. The van der Waals surface area contributed by atoms with E-state index < -0.39 is 5.60 Å². The molecule has 0 bridgehead atoms. The molecule has 2 aromatic rings. The SMILES string of the molecule is Nc1ccc(C(=O)N2CCC(O)(Cc3ccccc3)CC2)cc1C1=CC2NN=CC2CCC1. The van der Waals surface area contributed by atoms with Gasteiger partial charge in [-0.25, -0.2) is 0 Å². The van der Waals surface area contributed by atoms with E-state index in [1.54, 1.807) is 0 Å². The van der Waals surface area contributed by atoms with Crippen molar-refractivity contribution >= 4 is 23.4 Å². The molecule has 0 aromatic heterocycles. The van der Waals surface area contributed by atoms with Gasteiger partial charge in [0.2, 0.25) is 0 Å². The number of amides is 1. The molecule has 4 N–H and O–H groups in total. The normalized spacial score (nSPS) is 23.9. The second-order valence-corrected chi connectivity index (χ2v) is 9.66. The van der Waals surface area contributed by atoms with Crippen LogP contribution in [0.2, 0.25) is 0 Å². The van der Waals surface area contributed by atoms with Crippen molar-refractivity contribution in [2.75, 3.05) is 18.8 Å². The molecular formula is C27H32N4O2. The van der Waals surface area contributed by atoms with Gasteiger partial charge in [-0.2, -0.15) is 5.10 Å². The molecule has 5 rings (SSSR count). The average Bonchev–Trinajstić information content (AvgIpc) is 3.16. The molecular weight excluding hydrogens is 412 g/mol. The average molecular weight is 445 g/mol. The predicted molar refractivity (Wildman–Crippen MR) is 132 cm³/mol. The minimum absolute atomic E-state index is 0.00688. The number of hydrogen-bond acceptors (Lipinski definition) is 5. The van der Waals surface area contributed by atoms with Crippen LogP contribution in [0.5, 0.6) is 0 Å². The number of nitrogens with zero attached hydrogens (tertiary/aromatic N) is 2. The van der Waals surface area contributed by atoms with Crippen molar-refractivity contribution in [2.45, 2.75) is 50.2 Å². The maximum atomic E-state index is 13.3. The first-order valence-electron chi connectivity index (χ1n) is 12.0. The quantitative estimate of drug-likeness (QED) is 0.628. The first kappa shape index (κ1) is 21.7. The van der Waals surface area contributed by atoms with Crippen molar-refractivity contribution in [1.29, 1.82) is 0 Å². The van der Waals surface area contributed by atoms with Crippen LogP contribution in [0.15, 0.2) is 59.7 Å². The number of benzene rings is 2. The Labute approximate surface area is 195 Å². The summed E-state index contributed by atoms with van der Waals surface area (Å²) in [7, 11) is 0. The van der Waals surface area contributed by atoms with Crippen molar-refractivity contribution in [2.24, 2.45) is 11.0 Å². The third-order valence-corrected chi connectivity index (χ3v) is 7.32. The molecule has 2 heterocycles. The van der Waals surface area contributed by atoms with Gasteiger partial charge in [-0.15, -0.1) is 0 Å². The van der Waals surface area contributed by atoms with Crippen LogP contribution in [0.3, 0.4) is 0 Å². The molecule has 33 heavy (non-hydrogen) atoms. The van der Waals surface area contributed by atoms with Crippen molar-refractivity contribution in [3.05, 3.63) is 71.3 Å². The lowest BCUT2D eigenvalue weighted by Gasteiger charge is -2.38. The number of rotatable bonds is 4. The number of nitrogens with two attached hydrogens (primary N) is 1. The van der Waals surface area contributed by atoms with Gasteiger partial charge in [-0.05, 0) is 61.4 Å². The van der Waals surface area contributed by atoms with Gasteiger partial charge in [0.05, 0.1) is 11.6 Å². The zero-order chi connectivity index (χ0) is 22.8. The minimum atomic E-state index is -0.761. The Morgan fingerprint density at radius 3 is 2.76 bits per heavy atom. The Morgan fingerprint density at radius 2 is 1.97 bits per heavy atom. The molecule has 0 radical (unpaired) electrons. The molecule has 2 atom stereocenters. The summed E-state index contributed by atoms with van der Waals surface area (Å²) in [5.41, 5.74) is 13.4. The number of nitrogen functional groups attached to an aromatic ring is 1. The van der Waals surface area contributed by atoms with Gasteiger partial charge in [-0.1, -0.05) is 36.4 Å². The fraction of sp³-hybridized carbons (Fsp3) is 0.407. The Bertz CT molecular complexity index is 1070. The van der Waals surface area contributed by atoms with Crippen LogP contribution in [-0.2, 0) is 6.42 Å². The predicted octanol–water partition coefficient (Wildman–Crippen LogP) is 3.62. The van der Waals surface area contributed by atoms with E-state index in [-0.39, 0.29) is 11.9 Å². The number of hydrazone groups is 1. The van der Waals surface area contributed by atoms with E-state index in [1.165, 1.54) is 5.57 Å². The number of carbonyl (C=O) groups is 1. The first-order chi connectivity index (χ1) is 16.0. The van der Waals surface area contributed by atoms with E-state index in [4.69, 9.17) is 5.73 Å². The van der Waals surface area contributed by atoms with Gasteiger partial charge in [0, 0.05) is 48.5 Å². The van der Waals surface area contributed by atoms with Gasteiger partial charge in [0.1, 0.15) is 0 Å².